The summed E-state index contributed by atoms with van der Waals surface area (Å²) < 4.78 is 0. The lowest BCUT2D eigenvalue weighted by Gasteiger charge is -2.14. The molecule has 1 heterocycles. The van der Waals surface area contributed by atoms with Gasteiger partial charge in [0.05, 0.1) is 0 Å². The molecule has 0 atom stereocenters. The smallest absolute Gasteiger partial charge is 0.314 e. The highest BCUT2D eigenvalue weighted by Crippen LogP contribution is 2.26. The second-order valence-electron chi connectivity index (χ2n) is 4.02. The average molecular weight is 267 g/mol. The van der Waals surface area contributed by atoms with Crippen LogP contribution in [0.15, 0.2) is 24.3 Å². The summed E-state index contributed by atoms with van der Waals surface area (Å²) in [6.45, 7) is 5.09. The Kier molecular flexibility index (Phi) is 8.37. The van der Waals surface area contributed by atoms with Crippen LogP contribution in [0.4, 0.5) is 10.5 Å². The van der Waals surface area contributed by atoms with Crippen LogP contribution in [-0.4, -0.2) is 43.4 Å². The first-order chi connectivity index (χ1) is 9.06. The maximum Gasteiger partial charge on any atom is 0.314 e. The third-order valence-corrected chi connectivity index (χ3v) is 2.59. The standard InChI is InChI=1S/C9H11NO.C3H8N2O.C2H6/c11-7-10-6-5-8-3-1-2-4-9(8)10;1-5(2)3(4)6;1-2/h1-4,11H,5-7H2;1-2H3,(H2,4,6);1-2H3. The van der Waals surface area contributed by atoms with Crippen molar-refractivity contribution >= 4 is 11.7 Å². The van der Waals surface area contributed by atoms with Gasteiger partial charge in [0.15, 0.2) is 0 Å². The first-order valence-electron chi connectivity index (χ1n) is 6.46. The number of fused-ring (bicyclic) bond motifs is 1. The second kappa shape index (κ2) is 9.22. The molecule has 3 N–H and O–H groups in total. The highest BCUT2D eigenvalue weighted by atomic mass is 16.3. The van der Waals surface area contributed by atoms with Gasteiger partial charge in [0.1, 0.15) is 6.73 Å². The lowest BCUT2D eigenvalue weighted by molar-refractivity contribution is 0.227. The monoisotopic (exact) mass is 267 g/mol. The molecule has 1 aliphatic rings. The molecule has 2 rings (SSSR count). The summed E-state index contributed by atoms with van der Waals surface area (Å²) in [5.41, 5.74) is 7.26. The van der Waals surface area contributed by atoms with Crippen LogP contribution in [0.3, 0.4) is 0 Å². The van der Waals surface area contributed by atoms with Crippen LogP contribution < -0.4 is 10.6 Å². The van der Waals surface area contributed by atoms with E-state index in [0.29, 0.717) is 0 Å². The van der Waals surface area contributed by atoms with Gasteiger partial charge in [0, 0.05) is 26.3 Å². The number of aliphatic hydroxyl groups excluding tert-OH is 1. The number of nitrogens with two attached hydrogens (primary N) is 1. The topological polar surface area (TPSA) is 69.8 Å². The molecular weight excluding hydrogens is 242 g/mol. The number of aliphatic hydroxyl groups is 1. The fourth-order valence-corrected chi connectivity index (χ4v) is 1.55. The molecule has 0 bridgehead atoms. The minimum atomic E-state index is -0.407. The van der Waals surface area contributed by atoms with Crippen LogP contribution >= 0.6 is 0 Å². The van der Waals surface area contributed by atoms with E-state index in [0.717, 1.165) is 13.0 Å². The van der Waals surface area contributed by atoms with Crippen molar-refractivity contribution < 1.29 is 9.90 Å². The summed E-state index contributed by atoms with van der Waals surface area (Å²) in [7, 11) is 3.20. The molecule has 0 saturated carbocycles. The van der Waals surface area contributed by atoms with Crippen molar-refractivity contribution in [3.05, 3.63) is 29.8 Å². The average Bonchev–Trinajstić information content (AvgIpc) is 2.84. The number of nitrogens with zero attached hydrogens (tertiary/aromatic N) is 2. The molecule has 0 spiro atoms. The zero-order chi connectivity index (χ0) is 14.8. The lowest BCUT2D eigenvalue weighted by Crippen LogP contribution is -2.27. The first kappa shape index (κ1) is 17.2. The van der Waals surface area contributed by atoms with Gasteiger partial charge in [-0.1, -0.05) is 32.0 Å². The van der Waals surface area contributed by atoms with Crippen LogP contribution in [-0.2, 0) is 6.42 Å². The van der Waals surface area contributed by atoms with Gasteiger partial charge in [-0.15, -0.1) is 0 Å². The molecule has 0 aliphatic carbocycles. The molecule has 1 aliphatic heterocycles. The lowest BCUT2D eigenvalue weighted by atomic mass is 10.2. The quantitative estimate of drug-likeness (QED) is 0.813. The number of amides is 2. The number of carbonyl (C=O) groups is 1. The molecule has 0 saturated heterocycles. The molecule has 19 heavy (non-hydrogen) atoms. The zero-order valence-corrected chi connectivity index (χ0v) is 12.3. The normalized spacial score (nSPS) is 11.5. The van der Waals surface area contributed by atoms with E-state index in [2.05, 4.69) is 12.1 Å². The molecule has 2 amide bonds. The van der Waals surface area contributed by atoms with Gasteiger partial charge in [-0.05, 0) is 18.1 Å². The summed E-state index contributed by atoms with van der Waals surface area (Å²) in [4.78, 5) is 13.1. The molecule has 0 aromatic heterocycles. The Labute approximate surface area is 115 Å². The number of primary amides is 1. The predicted molar refractivity (Wildman–Crippen MR) is 79.2 cm³/mol. The van der Waals surface area contributed by atoms with Crippen molar-refractivity contribution in [2.24, 2.45) is 5.73 Å². The fourth-order valence-electron chi connectivity index (χ4n) is 1.55. The van der Waals surface area contributed by atoms with Crippen molar-refractivity contribution in [2.75, 3.05) is 32.3 Å². The van der Waals surface area contributed by atoms with Crippen LogP contribution in [0.1, 0.15) is 19.4 Å². The van der Waals surface area contributed by atoms with Crippen molar-refractivity contribution in [1.82, 2.24) is 4.90 Å². The number of benzene rings is 1. The minimum absolute atomic E-state index is 0.136. The van der Waals surface area contributed by atoms with Crippen LogP contribution in [0, 0.1) is 0 Å². The number of carbonyl (C=O) groups excluding carboxylic acids is 1. The number of hydrogen-bond donors (Lipinski definition) is 2. The number of anilines is 1. The van der Waals surface area contributed by atoms with Crippen molar-refractivity contribution in [2.45, 2.75) is 20.3 Å². The molecule has 0 unspecified atom stereocenters. The summed E-state index contributed by atoms with van der Waals surface area (Å²) >= 11 is 0. The first-order valence-corrected chi connectivity index (χ1v) is 6.46. The third-order valence-electron chi connectivity index (χ3n) is 2.59. The molecule has 1 aromatic rings. The largest absolute Gasteiger partial charge is 0.376 e. The minimum Gasteiger partial charge on any atom is -0.376 e. The zero-order valence-electron chi connectivity index (χ0n) is 12.3. The van der Waals surface area contributed by atoms with Gasteiger partial charge in [-0.2, -0.15) is 0 Å². The molecule has 1 aromatic carbocycles. The highest BCUT2D eigenvalue weighted by molar-refractivity contribution is 5.71. The maximum atomic E-state index is 9.85. The van der Waals surface area contributed by atoms with Crippen molar-refractivity contribution in [3.63, 3.8) is 0 Å². The molecule has 108 valence electrons. The Morgan fingerprint density at radius 2 is 1.89 bits per heavy atom. The van der Waals surface area contributed by atoms with E-state index < -0.39 is 6.03 Å². The van der Waals surface area contributed by atoms with Crippen LogP contribution in [0.2, 0.25) is 0 Å². The van der Waals surface area contributed by atoms with E-state index in [9.17, 15) is 4.79 Å². The second-order valence-corrected chi connectivity index (χ2v) is 4.02. The van der Waals surface area contributed by atoms with Gasteiger partial charge < -0.3 is 20.6 Å². The number of urea groups is 1. The Bertz CT molecular complexity index is 381. The van der Waals surface area contributed by atoms with Crippen LogP contribution in [0.5, 0.6) is 0 Å². The Balaban J connectivity index is 0.000000350. The Morgan fingerprint density at radius 1 is 1.37 bits per heavy atom. The van der Waals surface area contributed by atoms with Crippen LogP contribution in [0.25, 0.3) is 0 Å². The molecule has 5 heteroatoms. The molecule has 0 radical (unpaired) electrons. The van der Waals surface area contributed by atoms with E-state index in [1.165, 1.54) is 16.2 Å². The Morgan fingerprint density at radius 3 is 2.37 bits per heavy atom. The van der Waals surface area contributed by atoms with E-state index in [-0.39, 0.29) is 6.73 Å². The summed E-state index contributed by atoms with van der Waals surface area (Å²) in [6.07, 6.45) is 1.07. The summed E-state index contributed by atoms with van der Waals surface area (Å²) in [5.74, 6) is 0. The highest BCUT2D eigenvalue weighted by Gasteiger charge is 2.16. The Hall–Kier alpha value is -1.75. The van der Waals surface area contributed by atoms with Crippen molar-refractivity contribution in [1.29, 1.82) is 0 Å². The third kappa shape index (κ3) is 5.61. The maximum absolute atomic E-state index is 9.85. The van der Waals surface area contributed by atoms with Gasteiger partial charge in [0.2, 0.25) is 0 Å². The number of rotatable bonds is 1. The van der Waals surface area contributed by atoms with Gasteiger partial charge in [-0.25, -0.2) is 4.79 Å². The number of hydrogen-bond acceptors (Lipinski definition) is 3. The molecule has 0 fully saturated rings. The van der Waals surface area contributed by atoms with E-state index in [1.807, 2.05) is 30.9 Å². The molecular formula is C14H25N3O2. The van der Waals surface area contributed by atoms with E-state index >= 15 is 0 Å². The summed E-state index contributed by atoms with van der Waals surface area (Å²) in [5, 5.41) is 8.94. The predicted octanol–water partition coefficient (Wildman–Crippen LogP) is 1.65. The molecule has 5 nitrogen and oxygen atoms in total. The van der Waals surface area contributed by atoms with E-state index in [1.54, 1.807) is 14.1 Å². The van der Waals surface area contributed by atoms with Gasteiger partial charge in [0.25, 0.3) is 0 Å². The SMILES string of the molecule is CC.CN(C)C(N)=O.OCN1CCc2ccccc21. The van der Waals surface area contributed by atoms with Crippen molar-refractivity contribution in [3.8, 4) is 0 Å². The summed E-state index contributed by atoms with van der Waals surface area (Å²) in [6, 6.07) is 7.81. The van der Waals surface area contributed by atoms with E-state index in [4.69, 9.17) is 10.8 Å². The fraction of sp³-hybridized carbons (Fsp3) is 0.500. The van der Waals surface area contributed by atoms with Gasteiger partial charge >= 0.3 is 6.03 Å². The number of para-hydroxylation sites is 1. The van der Waals surface area contributed by atoms with Gasteiger partial charge in [-0.3, -0.25) is 0 Å².